The van der Waals surface area contributed by atoms with Gasteiger partial charge in [-0.15, -0.1) is 0 Å². The van der Waals surface area contributed by atoms with Crippen molar-refractivity contribution in [2.45, 2.75) is 38.6 Å². The molecule has 0 unspecified atom stereocenters. The Morgan fingerprint density at radius 1 is 1.40 bits per heavy atom. The van der Waals surface area contributed by atoms with Crippen LogP contribution in [0.15, 0.2) is 12.3 Å². The molecule has 3 rings (SSSR count). The van der Waals surface area contributed by atoms with E-state index in [2.05, 4.69) is 10.4 Å². The van der Waals surface area contributed by atoms with Crippen LogP contribution in [0.1, 0.15) is 32.1 Å². The minimum Gasteiger partial charge on any atom is -0.480 e. The van der Waals surface area contributed by atoms with Gasteiger partial charge in [0.2, 0.25) is 5.91 Å². The minimum absolute atomic E-state index is 0.0110. The van der Waals surface area contributed by atoms with Crippen LogP contribution in [-0.4, -0.2) is 26.8 Å². The number of nitrogens with one attached hydrogen (secondary N) is 1. The smallest absolute Gasteiger partial charge is 0.325 e. The zero-order chi connectivity index (χ0) is 14.1. The Labute approximate surface area is 117 Å². The maximum absolute atomic E-state index is 12.0. The lowest BCUT2D eigenvalue weighted by Crippen LogP contribution is -2.20. The minimum atomic E-state index is -0.951. The van der Waals surface area contributed by atoms with Crippen LogP contribution in [0.4, 0.5) is 5.82 Å². The molecule has 0 saturated heterocycles. The van der Waals surface area contributed by atoms with Crippen molar-refractivity contribution in [3.05, 3.63) is 12.3 Å². The van der Waals surface area contributed by atoms with Gasteiger partial charge < -0.3 is 10.4 Å². The van der Waals surface area contributed by atoms with Gasteiger partial charge in [-0.3, -0.25) is 14.3 Å². The molecule has 0 radical (unpaired) electrons. The second-order valence-electron chi connectivity index (χ2n) is 5.98. The lowest BCUT2D eigenvalue weighted by atomic mass is 9.86. The number of amides is 1. The number of carboxylic acids is 1. The molecule has 2 fully saturated rings. The molecule has 1 heterocycles. The third kappa shape index (κ3) is 2.84. The number of hydrogen-bond acceptors (Lipinski definition) is 3. The molecule has 6 heteroatoms. The number of fused-ring (bicyclic) bond motifs is 2. The predicted molar refractivity (Wildman–Crippen MR) is 72.0 cm³/mol. The van der Waals surface area contributed by atoms with Crippen LogP contribution in [0.25, 0.3) is 0 Å². The molecule has 2 saturated carbocycles. The summed E-state index contributed by atoms with van der Waals surface area (Å²) in [6.45, 7) is -0.192. The molecular formula is C14H19N3O3. The number of carboxylic acid groups (broad SMARTS) is 1. The largest absolute Gasteiger partial charge is 0.480 e. The number of aliphatic carboxylic acids is 1. The summed E-state index contributed by atoms with van der Waals surface area (Å²) >= 11 is 0. The van der Waals surface area contributed by atoms with Crippen molar-refractivity contribution < 1.29 is 14.7 Å². The molecule has 2 N–H and O–H groups in total. The molecule has 0 spiro atoms. The van der Waals surface area contributed by atoms with E-state index in [0.29, 0.717) is 18.2 Å². The summed E-state index contributed by atoms with van der Waals surface area (Å²) < 4.78 is 1.30. The number of carbonyl (C=O) groups excluding carboxylic acids is 1. The van der Waals surface area contributed by atoms with Crippen LogP contribution in [0, 0.1) is 17.8 Å². The van der Waals surface area contributed by atoms with Gasteiger partial charge in [0.1, 0.15) is 6.54 Å². The Morgan fingerprint density at radius 3 is 2.90 bits per heavy atom. The number of rotatable bonds is 5. The summed E-state index contributed by atoms with van der Waals surface area (Å²) in [6, 6.07) is 1.63. The van der Waals surface area contributed by atoms with Crippen molar-refractivity contribution in [2.24, 2.45) is 17.8 Å². The van der Waals surface area contributed by atoms with E-state index in [1.54, 1.807) is 12.3 Å². The number of nitrogens with zero attached hydrogens (tertiary/aromatic N) is 2. The SMILES string of the molecule is O=C(O)Cn1ccc(NC(=O)C[C@H]2C[C@H]3CC[C@H]2C3)n1. The quantitative estimate of drug-likeness (QED) is 0.858. The average molecular weight is 277 g/mol. The summed E-state index contributed by atoms with van der Waals surface area (Å²) in [5, 5.41) is 15.4. The van der Waals surface area contributed by atoms with Crippen molar-refractivity contribution in [3.8, 4) is 0 Å². The fourth-order valence-corrected chi connectivity index (χ4v) is 3.71. The molecule has 108 valence electrons. The number of carbonyl (C=O) groups is 2. The second kappa shape index (κ2) is 5.26. The van der Waals surface area contributed by atoms with Gasteiger partial charge in [-0.25, -0.2) is 0 Å². The van der Waals surface area contributed by atoms with Gasteiger partial charge in [-0.05, 0) is 37.0 Å². The fourth-order valence-electron chi connectivity index (χ4n) is 3.71. The highest BCUT2D eigenvalue weighted by Crippen LogP contribution is 2.49. The summed E-state index contributed by atoms with van der Waals surface area (Å²) in [7, 11) is 0. The molecule has 1 amide bonds. The zero-order valence-corrected chi connectivity index (χ0v) is 11.3. The van der Waals surface area contributed by atoms with Crippen LogP contribution < -0.4 is 5.32 Å². The summed E-state index contributed by atoms with van der Waals surface area (Å²) in [5.74, 6) is 1.56. The standard InChI is InChI=1S/C14H19N3O3/c18-13(7-11-6-9-1-2-10(11)5-9)15-12-3-4-17(16-12)8-14(19)20/h3-4,9-11H,1-2,5-8H2,(H,19,20)(H,15,16,18)/t9-,10-,11+/m0/s1. The Bertz CT molecular complexity index is 525. The highest BCUT2D eigenvalue weighted by Gasteiger charge is 2.40. The Hall–Kier alpha value is -1.85. The summed E-state index contributed by atoms with van der Waals surface area (Å²) in [6.07, 6.45) is 7.21. The van der Waals surface area contributed by atoms with Crippen molar-refractivity contribution in [1.82, 2.24) is 9.78 Å². The summed E-state index contributed by atoms with van der Waals surface area (Å²) in [4.78, 5) is 22.6. The van der Waals surface area contributed by atoms with E-state index in [1.165, 1.54) is 30.4 Å². The van der Waals surface area contributed by atoms with Gasteiger partial charge in [-0.1, -0.05) is 6.42 Å². The van der Waals surface area contributed by atoms with E-state index in [4.69, 9.17) is 5.11 Å². The molecule has 0 aliphatic heterocycles. The molecule has 6 nitrogen and oxygen atoms in total. The van der Waals surface area contributed by atoms with Gasteiger partial charge in [-0.2, -0.15) is 5.10 Å². The van der Waals surface area contributed by atoms with Crippen LogP contribution in [-0.2, 0) is 16.1 Å². The molecule has 0 aromatic carbocycles. The highest BCUT2D eigenvalue weighted by atomic mass is 16.4. The lowest BCUT2D eigenvalue weighted by Gasteiger charge is -2.20. The number of hydrogen-bond donors (Lipinski definition) is 2. The maximum atomic E-state index is 12.0. The fraction of sp³-hybridized carbons (Fsp3) is 0.643. The Balaban J connectivity index is 1.51. The Kier molecular flexibility index (Phi) is 3.46. The normalized spacial score (nSPS) is 27.7. The molecule has 1 aromatic rings. The lowest BCUT2D eigenvalue weighted by molar-refractivity contribution is -0.137. The highest BCUT2D eigenvalue weighted by molar-refractivity contribution is 5.89. The van der Waals surface area contributed by atoms with Gasteiger partial charge >= 0.3 is 5.97 Å². The first-order valence-electron chi connectivity index (χ1n) is 7.15. The van der Waals surface area contributed by atoms with Crippen LogP contribution >= 0.6 is 0 Å². The molecule has 2 aliphatic rings. The van der Waals surface area contributed by atoms with Gasteiger partial charge in [0, 0.05) is 18.7 Å². The first-order chi connectivity index (χ1) is 9.60. The first-order valence-corrected chi connectivity index (χ1v) is 7.15. The maximum Gasteiger partial charge on any atom is 0.325 e. The molecule has 2 aliphatic carbocycles. The third-order valence-corrected chi connectivity index (χ3v) is 4.54. The van der Waals surface area contributed by atoms with Crippen LogP contribution in [0.2, 0.25) is 0 Å². The van der Waals surface area contributed by atoms with Gasteiger partial charge in [0.15, 0.2) is 5.82 Å². The summed E-state index contributed by atoms with van der Waals surface area (Å²) in [5.41, 5.74) is 0. The van der Waals surface area contributed by atoms with E-state index in [1.807, 2.05) is 0 Å². The average Bonchev–Trinajstić information content (AvgIpc) is 3.05. The third-order valence-electron chi connectivity index (χ3n) is 4.54. The molecule has 2 bridgehead atoms. The predicted octanol–water partition coefficient (Wildman–Crippen LogP) is 1.73. The molecule has 1 aromatic heterocycles. The van der Waals surface area contributed by atoms with Gasteiger partial charge in [0.25, 0.3) is 0 Å². The van der Waals surface area contributed by atoms with Crippen molar-refractivity contribution in [2.75, 3.05) is 5.32 Å². The van der Waals surface area contributed by atoms with Crippen molar-refractivity contribution in [3.63, 3.8) is 0 Å². The molecule has 3 atom stereocenters. The van der Waals surface area contributed by atoms with Crippen molar-refractivity contribution >= 4 is 17.7 Å². The van der Waals surface area contributed by atoms with Crippen LogP contribution in [0.3, 0.4) is 0 Å². The zero-order valence-electron chi connectivity index (χ0n) is 11.3. The molecular weight excluding hydrogens is 258 g/mol. The van der Waals surface area contributed by atoms with E-state index < -0.39 is 5.97 Å². The topological polar surface area (TPSA) is 84.2 Å². The first kappa shape index (κ1) is 13.1. The second-order valence-corrected chi connectivity index (χ2v) is 5.98. The van der Waals surface area contributed by atoms with E-state index in [-0.39, 0.29) is 12.5 Å². The Morgan fingerprint density at radius 2 is 2.25 bits per heavy atom. The van der Waals surface area contributed by atoms with Gasteiger partial charge in [0.05, 0.1) is 0 Å². The van der Waals surface area contributed by atoms with Crippen molar-refractivity contribution in [1.29, 1.82) is 0 Å². The van der Waals surface area contributed by atoms with E-state index in [9.17, 15) is 9.59 Å². The van der Waals surface area contributed by atoms with E-state index in [0.717, 1.165) is 11.8 Å². The number of aromatic nitrogens is 2. The number of anilines is 1. The monoisotopic (exact) mass is 277 g/mol. The molecule has 20 heavy (non-hydrogen) atoms. The van der Waals surface area contributed by atoms with E-state index >= 15 is 0 Å². The van der Waals surface area contributed by atoms with Crippen LogP contribution in [0.5, 0.6) is 0 Å².